The minimum atomic E-state index is -3.52. The van der Waals surface area contributed by atoms with Crippen LogP contribution in [0, 0.1) is 6.92 Å². The Bertz CT molecular complexity index is 978. The fourth-order valence-electron chi connectivity index (χ4n) is 5.06. The van der Waals surface area contributed by atoms with Gasteiger partial charge in [0.25, 0.3) is 0 Å². The van der Waals surface area contributed by atoms with Crippen molar-refractivity contribution in [3.63, 3.8) is 0 Å². The Morgan fingerprint density at radius 3 is 2.55 bits per heavy atom. The molecule has 1 amide bonds. The van der Waals surface area contributed by atoms with Crippen molar-refractivity contribution in [3.05, 3.63) is 52.2 Å². The quantitative estimate of drug-likeness (QED) is 0.656. The summed E-state index contributed by atoms with van der Waals surface area (Å²) >= 11 is 1.66. The number of rotatable bonds is 7. The van der Waals surface area contributed by atoms with Crippen molar-refractivity contribution >= 4 is 27.3 Å². The number of hydrogen-bond donors (Lipinski definition) is 1. The van der Waals surface area contributed by atoms with Gasteiger partial charge in [-0.2, -0.15) is 4.31 Å². The molecule has 1 aromatic carbocycles. The number of piperidine rings is 1. The Kier molecular flexibility index (Phi) is 6.84. The van der Waals surface area contributed by atoms with E-state index in [4.69, 9.17) is 0 Å². The van der Waals surface area contributed by atoms with Gasteiger partial charge in [0.05, 0.1) is 10.3 Å². The van der Waals surface area contributed by atoms with E-state index in [0.717, 1.165) is 55.4 Å². The van der Waals surface area contributed by atoms with E-state index in [-0.39, 0.29) is 11.9 Å². The van der Waals surface area contributed by atoms with Crippen molar-refractivity contribution in [2.24, 2.45) is 0 Å². The molecule has 0 spiro atoms. The van der Waals surface area contributed by atoms with Gasteiger partial charge in [0.15, 0.2) is 0 Å². The van der Waals surface area contributed by atoms with Gasteiger partial charge in [0, 0.05) is 24.0 Å². The normalized spacial score (nSPS) is 21.8. The highest BCUT2D eigenvalue weighted by Gasteiger charge is 2.43. The fraction of sp³-hybridized carbons (Fsp3) is 0.542. The lowest BCUT2D eigenvalue weighted by Crippen LogP contribution is -2.47. The predicted molar refractivity (Wildman–Crippen MR) is 125 cm³/mol. The molecule has 168 valence electrons. The molecule has 7 heteroatoms. The van der Waals surface area contributed by atoms with E-state index in [2.05, 4.69) is 11.4 Å². The molecule has 1 saturated carbocycles. The van der Waals surface area contributed by atoms with E-state index in [1.807, 2.05) is 30.5 Å². The summed E-state index contributed by atoms with van der Waals surface area (Å²) in [4.78, 5) is 14.7. The molecule has 2 aromatic rings. The number of carbonyl (C=O) groups is 1. The lowest BCUT2D eigenvalue weighted by Gasteiger charge is -2.35. The molecule has 0 bridgehead atoms. The second-order valence-electron chi connectivity index (χ2n) is 8.89. The van der Waals surface area contributed by atoms with Crippen LogP contribution in [0.15, 0.2) is 46.7 Å². The molecule has 2 fully saturated rings. The Morgan fingerprint density at radius 2 is 1.87 bits per heavy atom. The molecule has 1 N–H and O–H groups in total. The number of nitrogens with one attached hydrogen (secondary N) is 1. The molecule has 1 atom stereocenters. The molecule has 0 radical (unpaired) electrons. The first-order chi connectivity index (χ1) is 14.9. The number of sulfonamides is 1. The third-order valence-electron chi connectivity index (χ3n) is 6.85. The summed E-state index contributed by atoms with van der Waals surface area (Å²) in [5.41, 5.74) is 0.650. The van der Waals surface area contributed by atoms with Gasteiger partial charge in [-0.25, -0.2) is 8.42 Å². The van der Waals surface area contributed by atoms with Gasteiger partial charge in [-0.05, 0) is 62.6 Å². The van der Waals surface area contributed by atoms with Gasteiger partial charge in [-0.15, -0.1) is 11.3 Å². The van der Waals surface area contributed by atoms with Crippen LogP contribution in [0.25, 0.3) is 0 Å². The Balaban J connectivity index is 1.42. The van der Waals surface area contributed by atoms with Crippen molar-refractivity contribution in [2.45, 2.75) is 74.6 Å². The van der Waals surface area contributed by atoms with E-state index in [0.29, 0.717) is 24.4 Å². The Morgan fingerprint density at radius 1 is 1.13 bits per heavy atom. The summed E-state index contributed by atoms with van der Waals surface area (Å²) in [6.07, 6.45) is 7.36. The number of hydrogen-bond acceptors (Lipinski definition) is 4. The van der Waals surface area contributed by atoms with Crippen molar-refractivity contribution in [2.75, 3.05) is 13.1 Å². The SMILES string of the molecule is Cc1ccc(S(=O)(=O)N2CCCCC2CCNC(=O)C2(c3cccs3)CCCC2)cc1. The standard InChI is InChI=1S/C24H32N2O3S2/c1-19-9-11-21(12-10-19)31(28,29)26-17-5-2-7-20(26)13-16-25-23(27)24(14-3-4-15-24)22-8-6-18-30-22/h6,8-12,18,20H,2-5,7,13-17H2,1H3,(H,25,27). The molecule has 1 aliphatic carbocycles. The molecule has 1 unspecified atom stereocenters. The highest BCUT2D eigenvalue weighted by atomic mass is 32.2. The van der Waals surface area contributed by atoms with Crippen LogP contribution in [0.3, 0.4) is 0 Å². The maximum atomic E-state index is 13.3. The molecule has 1 aliphatic heterocycles. The fourth-order valence-corrected chi connectivity index (χ4v) is 7.77. The second-order valence-corrected chi connectivity index (χ2v) is 11.7. The zero-order valence-electron chi connectivity index (χ0n) is 18.2. The van der Waals surface area contributed by atoms with E-state index in [1.54, 1.807) is 27.8 Å². The van der Waals surface area contributed by atoms with Crippen molar-refractivity contribution in [3.8, 4) is 0 Å². The Labute approximate surface area is 189 Å². The van der Waals surface area contributed by atoms with Crippen LogP contribution < -0.4 is 5.32 Å². The third kappa shape index (κ3) is 4.59. The molecule has 1 aromatic heterocycles. The third-order valence-corrected chi connectivity index (χ3v) is 9.89. The van der Waals surface area contributed by atoms with Crippen LogP contribution in [0.2, 0.25) is 0 Å². The molecular weight excluding hydrogens is 428 g/mol. The van der Waals surface area contributed by atoms with E-state index >= 15 is 0 Å². The van der Waals surface area contributed by atoms with Gasteiger partial charge in [0.1, 0.15) is 0 Å². The molecule has 4 rings (SSSR count). The molecule has 1 saturated heterocycles. The molecule has 31 heavy (non-hydrogen) atoms. The molecule has 5 nitrogen and oxygen atoms in total. The smallest absolute Gasteiger partial charge is 0.243 e. The number of carbonyl (C=O) groups excluding carboxylic acids is 1. The number of benzene rings is 1. The van der Waals surface area contributed by atoms with Gasteiger partial charge in [-0.3, -0.25) is 4.79 Å². The Hall–Kier alpha value is -1.70. The maximum Gasteiger partial charge on any atom is 0.243 e. The second kappa shape index (κ2) is 9.43. The average Bonchev–Trinajstić information content (AvgIpc) is 3.47. The molecular formula is C24H32N2O3S2. The minimum Gasteiger partial charge on any atom is -0.355 e. The number of thiophene rings is 1. The molecule has 2 aliphatic rings. The first kappa shape index (κ1) is 22.5. The first-order valence-electron chi connectivity index (χ1n) is 11.3. The van der Waals surface area contributed by atoms with Crippen LogP contribution in [0.4, 0.5) is 0 Å². The topological polar surface area (TPSA) is 66.5 Å². The zero-order chi connectivity index (χ0) is 21.9. The minimum absolute atomic E-state index is 0.0679. The number of amides is 1. The van der Waals surface area contributed by atoms with Gasteiger partial charge in [0.2, 0.25) is 15.9 Å². The van der Waals surface area contributed by atoms with Crippen molar-refractivity contribution in [1.29, 1.82) is 0 Å². The molecule has 2 heterocycles. The predicted octanol–water partition coefficient (Wildman–Crippen LogP) is 4.62. The number of nitrogens with zero attached hydrogens (tertiary/aromatic N) is 1. The summed E-state index contributed by atoms with van der Waals surface area (Å²) < 4.78 is 28.2. The van der Waals surface area contributed by atoms with Crippen LogP contribution >= 0.6 is 11.3 Å². The van der Waals surface area contributed by atoms with Crippen molar-refractivity contribution < 1.29 is 13.2 Å². The highest BCUT2D eigenvalue weighted by molar-refractivity contribution is 7.89. The zero-order valence-corrected chi connectivity index (χ0v) is 19.8. The van der Waals surface area contributed by atoms with E-state index in [9.17, 15) is 13.2 Å². The maximum absolute atomic E-state index is 13.3. The van der Waals surface area contributed by atoms with Gasteiger partial charge in [-0.1, -0.05) is 43.0 Å². The van der Waals surface area contributed by atoms with Gasteiger partial charge < -0.3 is 5.32 Å². The average molecular weight is 461 g/mol. The van der Waals surface area contributed by atoms with Gasteiger partial charge >= 0.3 is 0 Å². The monoisotopic (exact) mass is 460 g/mol. The first-order valence-corrected chi connectivity index (χ1v) is 13.7. The van der Waals surface area contributed by atoms with E-state index in [1.165, 1.54) is 0 Å². The van der Waals surface area contributed by atoms with Crippen LogP contribution in [0.5, 0.6) is 0 Å². The lowest BCUT2D eigenvalue weighted by molar-refractivity contribution is -0.126. The van der Waals surface area contributed by atoms with E-state index < -0.39 is 15.4 Å². The summed E-state index contributed by atoms with van der Waals surface area (Å²) in [6, 6.07) is 11.1. The summed E-state index contributed by atoms with van der Waals surface area (Å²) in [5, 5.41) is 5.21. The van der Waals surface area contributed by atoms with Crippen LogP contribution in [0.1, 0.15) is 61.8 Å². The van der Waals surface area contributed by atoms with Crippen LogP contribution in [-0.2, 0) is 20.2 Å². The lowest BCUT2D eigenvalue weighted by atomic mass is 9.83. The largest absolute Gasteiger partial charge is 0.355 e. The number of aryl methyl sites for hydroxylation is 1. The summed E-state index contributed by atoms with van der Waals surface area (Å²) in [6.45, 7) is 3.01. The summed E-state index contributed by atoms with van der Waals surface area (Å²) in [5.74, 6) is 0.108. The van der Waals surface area contributed by atoms with Crippen molar-refractivity contribution in [1.82, 2.24) is 9.62 Å². The summed E-state index contributed by atoms with van der Waals surface area (Å²) in [7, 11) is -3.52. The van der Waals surface area contributed by atoms with Crippen LogP contribution in [-0.4, -0.2) is 37.8 Å². The highest BCUT2D eigenvalue weighted by Crippen LogP contribution is 2.43.